The van der Waals surface area contributed by atoms with E-state index >= 15 is 0 Å². The van der Waals surface area contributed by atoms with Crippen molar-refractivity contribution in [2.75, 3.05) is 0 Å². The topological polar surface area (TPSA) is 17.1 Å². The van der Waals surface area contributed by atoms with Gasteiger partial charge in [-0.05, 0) is 44.1 Å². The van der Waals surface area contributed by atoms with Crippen molar-refractivity contribution in [1.82, 2.24) is 0 Å². The van der Waals surface area contributed by atoms with Gasteiger partial charge in [-0.2, -0.15) is 0 Å². The number of hydrogen-bond donors (Lipinski definition) is 0. The molecule has 0 amide bonds. The number of ketones is 1. The highest BCUT2D eigenvalue weighted by Gasteiger charge is 2.20. The summed E-state index contributed by atoms with van der Waals surface area (Å²) in [5.74, 6) is 1.24. The fourth-order valence-electron chi connectivity index (χ4n) is 2.78. The molecule has 0 N–H and O–H groups in total. The van der Waals surface area contributed by atoms with Crippen LogP contribution < -0.4 is 0 Å². The molecular weight excluding hydrogens is 280 g/mol. The maximum atomic E-state index is 11.9. The Bertz CT molecular complexity index is 449. The van der Waals surface area contributed by atoms with Gasteiger partial charge in [0.25, 0.3) is 0 Å². The summed E-state index contributed by atoms with van der Waals surface area (Å²) < 4.78 is 0. The minimum atomic E-state index is 0.182. The number of carbonyl (C=O) groups is 1. The maximum Gasteiger partial charge on any atom is 0.182 e. The fraction of sp³-hybridized carbons (Fsp3) is 0.591. The lowest BCUT2D eigenvalue weighted by Crippen LogP contribution is -2.01. The van der Waals surface area contributed by atoms with Gasteiger partial charge in [0.1, 0.15) is 0 Å². The SMILES string of the molecule is CCCCC/C=C/C=C1/C(=O)C=CC1C/C=C/CCCC(C)C. The summed E-state index contributed by atoms with van der Waals surface area (Å²) in [6, 6.07) is 0. The number of carbonyl (C=O) groups excluding carboxylic acids is 1. The first-order chi connectivity index (χ1) is 11.1. The Morgan fingerprint density at radius 1 is 1.09 bits per heavy atom. The van der Waals surface area contributed by atoms with Crippen molar-refractivity contribution >= 4 is 5.78 Å². The minimum Gasteiger partial charge on any atom is -0.290 e. The van der Waals surface area contributed by atoms with Crippen LogP contribution >= 0.6 is 0 Å². The van der Waals surface area contributed by atoms with Crippen LogP contribution in [0.2, 0.25) is 0 Å². The molecule has 1 heteroatoms. The van der Waals surface area contributed by atoms with Crippen molar-refractivity contribution in [3.63, 3.8) is 0 Å². The molecule has 1 aliphatic carbocycles. The van der Waals surface area contributed by atoms with Crippen LogP contribution in [-0.4, -0.2) is 5.78 Å². The van der Waals surface area contributed by atoms with E-state index in [0.717, 1.165) is 30.8 Å². The third-order valence-electron chi connectivity index (χ3n) is 4.26. The summed E-state index contributed by atoms with van der Waals surface area (Å²) in [4.78, 5) is 11.9. The van der Waals surface area contributed by atoms with E-state index in [9.17, 15) is 4.79 Å². The smallest absolute Gasteiger partial charge is 0.182 e. The zero-order chi connectivity index (χ0) is 16.9. The molecule has 1 atom stereocenters. The van der Waals surface area contributed by atoms with Crippen LogP contribution in [-0.2, 0) is 4.79 Å². The van der Waals surface area contributed by atoms with Gasteiger partial charge >= 0.3 is 0 Å². The van der Waals surface area contributed by atoms with E-state index in [4.69, 9.17) is 0 Å². The lowest BCUT2D eigenvalue weighted by atomic mass is 9.97. The van der Waals surface area contributed by atoms with Gasteiger partial charge in [0.15, 0.2) is 5.78 Å². The summed E-state index contributed by atoms with van der Waals surface area (Å²) in [6.45, 7) is 6.76. The second kappa shape index (κ2) is 12.1. The summed E-state index contributed by atoms with van der Waals surface area (Å²) in [6.07, 6.45) is 24.1. The Hall–Kier alpha value is -1.37. The monoisotopic (exact) mass is 314 g/mol. The molecule has 23 heavy (non-hydrogen) atoms. The Morgan fingerprint density at radius 3 is 2.61 bits per heavy atom. The second-order valence-corrected chi connectivity index (χ2v) is 6.91. The van der Waals surface area contributed by atoms with E-state index in [0.29, 0.717) is 0 Å². The van der Waals surface area contributed by atoms with Gasteiger partial charge in [-0.3, -0.25) is 4.79 Å². The van der Waals surface area contributed by atoms with Crippen LogP contribution in [0, 0.1) is 11.8 Å². The highest BCUT2D eigenvalue weighted by molar-refractivity contribution is 6.07. The van der Waals surface area contributed by atoms with E-state index in [1.807, 2.05) is 6.08 Å². The second-order valence-electron chi connectivity index (χ2n) is 6.91. The van der Waals surface area contributed by atoms with Crippen molar-refractivity contribution in [1.29, 1.82) is 0 Å². The van der Waals surface area contributed by atoms with E-state index in [-0.39, 0.29) is 11.7 Å². The predicted octanol–water partition coefficient (Wildman–Crippen LogP) is 6.58. The molecule has 0 bridgehead atoms. The molecule has 128 valence electrons. The molecule has 0 fully saturated rings. The van der Waals surface area contributed by atoms with Gasteiger partial charge in [0.05, 0.1) is 0 Å². The van der Waals surface area contributed by atoms with Gasteiger partial charge in [0, 0.05) is 11.5 Å². The van der Waals surface area contributed by atoms with E-state index in [1.165, 1.54) is 32.1 Å². The molecule has 0 aromatic heterocycles. The average molecular weight is 315 g/mol. The van der Waals surface area contributed by atoms with Crippen LogP contribution in [0.25, 0.3) is 0 Å². The number of rotatable bonds is 11. The summed E-state index contributed by atoms with van der Waals surface area (Å²) in [5, 5.41) is 0. The predicted molar refractivity (Wildman–Crippen MR) is 101 cm³/mol. The third-order valence-corrected chi connectivity index (χ3v) is 4.26. The van der Waals surface area contributed by atoms with Crippen LogP contribution in [0.4, 0.5) is 0 Å². The molecule has 1 nitrogen and oxygen atoms in total. The number of unbranched alkanes of at least 4 members (excludes halogenated alkanes) is 4. The molecule has 1 unspecified atom stereocenters. The lowest BCUT2D eigenvalue weighted by molar-refractivity contribution is -0.111. The first-order valence-electron chi connectivity index (χ1n) is 9.39. The molecule has 1 rings (SSSR count). The minimum absolute atomic E-state index is 0.182. The van der Waals surface area contributed by atoms with Crippen molar-refractivity contribution in [3.8, 4) is 0 Å². The molecule has 0 aromatic rings. The van der Waals surface area contributed by atoms with Gasteiger partial charge in [-0.25, -0.2) is 0 Å². The molecule has 0 saturated carbocycles. The third kappa shape index (κ3) is 8.74. The Balaban J connectivity index is 2.37. The van der Waals surface area contributed by atoms with Gasteiger partial charge in [0.2, 0.25) is 0 Å². The van der Waals surface area contributed by atoms with Gasteiger partial charge < -0.3 is 0 Å². The zero-order valence-electron chi connectivity index (χ0n) is 15.3. The average Bonchev–Trinajstić information content (AvgIpc) is 2.86. The standard InChI is InChI=1S/C22H34O/c1-4-5-6-7-8-13-16-21-20(17-18-22(21)23)15-12-10-9-11-14-19(2)3/h8,10,12-13,16-20H,4-7,9,11,14-15H2,1-3H3/b12-10+,13-8+,21-16+. The summed E-state index contributed by atoms with van der Waals surface area (Å²) >= 11 is 0. The molecule has 0 spiro atoms. The zero-order valence-corrected chi connectivity index (χ0v) is 15.3. The van der Waals surface area contributed by atoms with Gasteiger partial charge in [-0.1, -0.05) is 76.5 Å². The Morgan fingerprint density at radius 2 is 1.87 bits per heavy atom. The molecular formula is C22H34O. The highest BCUT2D eigenvalue weighted by atomic mass is 16.1. The van der Waals surface area contributed by atoms with Crippen LogP contribution in [0.15, 0.2) is 48.1 Å². The molecule has 0 saturated heterocycles. The molecule has 1 aliphatic rings. The van der Waals surface area contributed by atoms with Crippen molar-refractivity contribution in [2.45, 2.75) is 72.1 Å². The first-order valence-corrected chi connectivity index (χ1v) is 9.39. The Labute approximate surface area is 143 Å². The van der Waals surface area contributed by atoms with Crippen molar-refractivity contribution in [2.24, 2.45) is 11.8 Å². The largest absolute Gasteiger partial charge is 0.290 e. The fourth-order valence-corrected chi connectivity index (χ4v) is 2.78. The normalized spacial score (nSPS) is 20.1. The van der Waals surface area contributed by atoms with Crippen molar-refractivity contribution in [3.05, 3.63) is 48.1 Å². The Kier molecular flexibility index (Phi) is 10.4. The van der Waals surface area contributed by atoms with Gasteiger partial charge in [-0.15, -0.1) is 0 Å². The quantitative estimate of drug-likeness (QED) is 0.239. The first kappa shape index (κ1) is 19.7. The number of hydrogen-bond acceptors (Lipinski definition) is 1. The van der Waals surface area contributed by atoms with Crippen LogP contribution in [0.5, 0.6) is 0 Å². The van der Waals surface area contributed by atoms with Crippen LogP contribution in [0.3, 0.4) is 0 Å². The van der Waals surface area contributed by atoms with Crippen LogP contribution in [0.1, 0.15) is 72.1 Å². The van der Waals surface area contributed by atoms with E-state index < -0.39 is 0 Å². The van der Waals surface area contributed by atoms with E-state index in [2.05, 4.69) is 51.2 Å². The summed E-state index contributed by atoms with van der Waals surface area (Å²) in [7, 11) is 0. The molecule has 0 heterocycles. The molecule has 0 radical (unpaired) electrons. The molecule has 0 aromatic carbocycles. The summed E-state index contributed by atoms with van der Waals surface area (Å²) in [5.41, 5.74) is 0.948. The number of allylic oxidation sites excluding steroid dienone is 8. The van der Waals surface area contributed by atoms with E-state index in [1.54, 1.807) is 6.08 Å². The van der Waals surface area contributed by atoms with Crippen molar-refractivity contribution < 1.29 is 4.79 Å². The lowest BCUT2D eigenvalue weighted by Gasteiger charge is -2.06. The highest BCUT2D eigenvalue weighted by Crippen LogP contribution is 2.25. The maximum absolute atomic E-state index is 11.9. The molecule has 0 aliphatic heterocycles.